The van der Waals surface area contributed by atoms with Crippen LogP contribution in [0.5, 0.6) is 5.75 Å². The van der Waals surface area contributed by atoms with E-state index in [1.165, 1.54) is 18.2 Å². The fourth-order valence-corrected chi connectivity index (χ4v) is 7.63. The zero-order valence-corrected chi connectivity index (χ0v) is 29.1. The molecule has 0 aromatic heterocycles. The summed E-state index contributed by atoms with van der Waals surface area (Å²) in [5, 5.41) is 29.3. The van der Waals surface area contributed by atoms with Crippen LogP contribution in [0.2, 0.25) is 0 Å². The molecule has 0 spiro atoms. The lowest BCUT2D eigenvalue weighted by Crippen LogP contribution is -2.48. The lowest BCUT2D eigenvalue weighted by Gasteiger charge is -2.48. The summed E-state index contributed by atoms with van der Waals surface area (Å²) in [5.41, 5.74) is 2.92. The van der Waals surface area contributed by atoms with E-state index in [1.54, 1.807) is 7.11 Å². The molecule has 1 heterocycles. The smallest absolute Gasteiger partial charge is 0.270 e. The molecule has 1 aliphatic rings. The summed E-state index contributed by atoms with van der Waals surface area (Å²) in [6.45, 7) is 19.8. The Bertz CT molecular complexity index is 1370. The average molecular weight is 641 g/mol. The van der Waals surface area contributed by atoms with Crippen molar-refractivity contribution in [2.75, 3.05) is 31.8 Å². The largest absolute Gasteiger partial charge is 0.494 e. The molecule has 0 bridgehead atoms. The van der Waals surface area contributed by atoms with Gasteiger partial charge < -0.3 is 18.7 Å². The Balaban J connectivity index is 1.79. The highest BCUT2D eigenvalue weighted by Gasteiger charge is 2.37. The van der Waals surface area contributed by atoms with Gasteiger partial charge in [-0.15, -0.1) is 10.2 Å². The Morgan fingerprint density at radius 1 is 1.11 bits per heavy atom. The Labute approximate surface area is 269 Å². The molecule has 0 amide bonds. The summed E-state index contributed by atoms with van der Waals surface area (Å²) in [6, 6.07) is 10.6. The lowest BCUT2D eigenvalue weighted by molar-refractivity contribution is -0.384. The number of methoxy groups -OCH3 is 1. The van der Waals surface area contributed by atoms with Crippen LogP contribution < -0.4 is 9.64 Å². The number of nitriles is 1. The molecule has 3 rings (SSSR count). The van der Waals surface area contributed by atoms with Crippen LogP contribution in [-0.4, -0.2) is 54.1 Å². The quantitative estimate of drug-likeness (QED) is 0.0584. The van der Waals surface area contributed by atoms with E-state index >= 15 is 0 Å². The van der Waals surface area contributed by atoms with Crippen LogP contribution in [-0.2, 0) is 9.05 Å². The average Bonchev–Trinajstić information content (AvgIpc) is 2.98. The molecule has 0 radical (unpaired) electrons. The summed E-state index contributed by atoms with van der Waals surface area (Å²) in [4.78, 5) is 13.0. The first-order valence-electron chi connectivity index (χ1n) is 15.8. The third kappa shape index (κ3) is 9.20. The molecule has 45 heavy (non-hydrogen) atoms. The van der Waals surface area contributed by atoms with Crippen LogP contribution in [0.25, 0.3) is 0 Å². The third-order valence-corrected chi connectivity index (χ3v) is 10.0. The van der Waals surface area contributed by atoms with Crippen molar-refractivity contribution < 1.29 is 18.7 Å². The molecular formula is C33H49N6O5P. The summed E-state index contributed by atoms with van der Waals surface area (Å²) in [7, 11) is 0.490. The Morgan fingerprint density at radius 2 is 1.78 bits per heavy atom. The van der Waals surface area contributed by atoms with Crippen LogP contribution >= 0.6 is 8.53 Å². The maximum absolute atomic E-state index is 11.1. The second kappa shape index (κ2) is 16.4. The van der Waals surface area contributed by atoms with Gasteiger partial charge in [0.15, 0.2) is 0 Å². The van der Waals surface area contributed by atoms with Crippen molar-refractivity contribution in [3.05, 3.63) is 51.6 Å². The van der Waals surface area contributed by atoms with E-state index in [4.69, 9.17) is 13.8 Å². The predicted molar refractivity (Wildman–Crippen MR) is 180 cm³/mol. The van der Waals surface area contributed by atoms with Crippen molar-refractivity contribution in [1.29, 1.82) is 5.26 Å². The number of non-ortho nitro benzene ring substituents is 1. The minimum atomic E-state index is -1.11. The molecule has 0 saturated carbocycles. The monoisotopic (exact) mass is 640 g/mol. The van der Waals surface area contributed by atoms with Crippen molar-refractivity contribution in [2.24, 2.45) is 10.2 Å². The van der Waals surface area contributed by atoms with E-state index in [1.807, 2.05) is 18.2 Å². The van der Waals surface area contributed by atoms with Gasteiger partial charge in [0.1, 0.15) is 23.2 Å². The van der Waals surface area contributed by atoms with Crippen molar-refractivity contribution in [3.8, 4) is 11.8 Å². The van der Waals surface area contributed by atoms with E-state index in [2.05, 4.69) is 75.2 Å². The van der Waals surface area contributed by atoms with Gasteiger partial charge in [0.2, 0.25) is 0 Å². The van der Waals surface area contributed by atoms with Gasteiger partial charge in [0, 0.05) is 48.1 Å². The molecule has 0 aliphatic carbocycles. The van der Waals surface area contributed by atoms with E-state index in [0.717, 1.165) is 43.5 Å². The van der Waals surface area contributed by atoms with Crippen molar-refractivity contribution in [1.82, 2.24) is 4.67 Å². The fraction of sp³-hybridized carbons (Fsp3) is 0.606. The van der Waals surface area contributed by atoms with Gasteiger partial charge in [-0.2, -0.15) is 5.26 Å². The maximum Gasteiger partial charge on any atom is 0.270 e. The van der Waals surface area contributed by atoms with Crippen LogP contribution in [0.15, 0.2) is 40.6 Å². The van der Waals surface area contributed by atoms with E-state index in [9.17, 15) is 15.4 Å². The van der Waals surface area contributed by atoms with E-state index in [-0.39, 0.29) is 28.4 Å². The highest BCUT2D eigenvalue weighted by atomic mass is 31.2. The number of fused-ring (bicyclic) bond motifs is 1. The Kier molecular flexibility index (Phi) is 13.2. The number of nitrogens with zero attached hydrogens (tertiary/aromatic N) is 6. The first-order valence-corrected chi connectivity index (χ1v) is 16.9. The number of benzene rings is 2. The molecule has 11 nitrogen and oxygen atoms in total. The number of nitro benzene ring substituents is 1. The van der Waals surface area contributed by atoms with Gasteiger partial charge in [-0.25, -0.2) is 4.67 Å². The molecule has 0 fully saturated rings. The minimum absolute atomic E-state index is 0.0648. The van der Waals surface area contributed by atoms with Crippen LogP contribution in [0.4, 0.5) is 22.7 Å². The second-order valence-electron chi connectivity index (χ2n) is 12.6. The molecule has 2 atom stereocenters. The number of nitro groups is 1. The molecule has 12 heteroatoms. The topological polar surface area (TPSA) is 126 Å². The molecule has 1 aliphatic heterocycles. The van der Waals surface area contributed by atoms with Gasteiger partial charge in [0.25, 0.3) is 14.2 Å². The molecule has 2 aromatic rings. The normalized spacial score (nSPS) is 16.8. The SMILES string of the molecule is CCCOP(OCCCCN1c2cc(OC)c(N=Nc3ccc([N+](=O)[O-])cc3C#N)cc2C(C)CC1(C)C)N(C(C)C)C(C)C. The highest BCUT2D eigenvalue weighted by Crippen LogP contribution is 2.49. The summed E-state index contributed by atoms with van der Waals surface area (Å²) < 4.78 is 20.6. The highest BCUT2D eigenvalue weighted by molar-refractivity contribution is 7.44. The van der Waals surface area contributed by atoms with E-state index in [0.29, 0.717) is 36.7 Å². The van der Waals surface area contributed by atoms with E-state index < -0.39 is 13.4 Å². The van der Waals surface area contributed by atoms with Crippen LogP contribution in [0, 0.1) is 21.4 Å². The van der Waals surface area contributed by atoms with Gasteiger partial charge in [-0.1, -0.05) is 13.8 Å². The fourth-order valence-electron chi connectivity index (χ4n) is 5.91. The number of azo groups is 1. The van der Waals surface area contributed by atoms with Crippen molar-refractivity contribution >= 4 is 31.3 Å². The summed E-state index contributed by atoms with van der Waals surface area (Å²) in [6.07, 6.45) is 3.79. The first-order chi connectivity index (χ1) is 21.3. The summed E-state index contributed by atoms with van der Waals surface area (Å²) in [5.74, 6) is 0.845. The number of rotatable bonds is 16. The Morgan fingerprint density at radius 3 is 2.38 bits per heavy atom. The lowest BCUT2D eigenvalue weighted by atomic mass is 9.79. The maximum atomic E-state index is 11.1. The van der Waals surface area contributed by atoms with Gasteiger partial charge in [-0.05, 0) is 90.8 Å². The predicted octanol–water partition coefficient (Wildman–Crippen LogP) is 9.55. The van der Waals surface area contributed by atoms with Crippen LogP contribution in [0.3, 0.4) is 0 Å². The summed E-state index contributed by atoms with van der Waals surface area (Å²) >= 11 is 0. The Hall–Kier alpha value is -3.16. The number of anilines is 1. The molecule has 0 saturated heterocycles. The molecule has 2 aromatic carbocycles. The number of ether oxygens (including phenoxy) is 1. The molecule has 2 unspecified atom stereocenters. The second-order valence-corrected chi connectivity index (χ2v) is 14.1. The number of hydrogen-bond acceptors (Lipinski definition) is 10. The minimum Gasteiger partial charge on any atom is -0.494 e. The molecule has 0 N–H and O–H groups in total. The van der Waals surface area contributed by atoms with Crippen molar-refractivity contribution in [2.45, 2.75) is 105 Å². The first kappa shape index (κ1) is 36.3. The third-order valence-electron chi connectivity index (χ3n) is 7.89. The van der Waals surface area contributed by atoms with Gasteiger partial charge in [0.05, 0.1) is 30.8 Å². The zero-order valence-electron chi connectivity index (χ0n) is 28.2. The van der Waals surface area contributed by atoms with Gasteiger partial charge in [-0.3, -0.25) is 10.1 Å². The standard InChI is InChI=1S/C33H49N6O5P/c1-10-16-43-45(38(23(2)3)24(4)5)44-17-12-11-15-37-31-20-32(42-9)30(19-28(31)25(6)21-33(37,7)8)36-35-29-14-13-27(39(40)41)18-26(29)22-34/h13-14,18-20,23-25H,10-12,15-17,21H2,1-9H3. The van der Waals surface area contributed by atoms with Gasteiger partial charge >= 0.3 is 0 Å². The number of hydrogen-bond donors (Lipinski definition) is 0. The number of unbranched alkanes of at least 4 members (excludes halogenated alkanes) is 1. The van der Waals surface area contributed by atoms with Crippen LogP contribution in [0.1, 0.15) is 98.1 Å². The van der Waals surface area contributed by atoms with Crippen molar-refractivity contribution in [3.63, 3.8) is 0 Å². The zero-order chi connectivity index (χ0) is 33.3. The molecular weight excluding hydrogens is 591 g/mol. The molecule has 246 valence electrons.